The van der Waals surface area contributed by atoms with Gasteiger partial charge in [-0.15, -0.1) is 0 Å². The summed E-state index contributed by atoms with van der Waals surface area (Å²) in [6.45, 7) is 1.98. The van der Waals surface area contributed by atoms with Crippen LogP contribution in [0.25, 0.3) is 5.82 Å². The van der Waals surface area contributed by atoms with Crippen molar-refractivity contribution >= 4 is 5.91 Å². The molecule has 0 fully saturated rings. The molecule has 3 aromatic heterocycles. The lowest BCUT2D eigenvalue weighted by Gasteiger charge is -2.25. The molecule has 0 saturated carbocycles. The molecule has 6 heteroatoms. The average molecular weight is 307 g/mol. The molecule has 116 valence electrons. The number of hydrogen-bond acceptors (Lipinski definition) is 4. The van der Waals surface area contributed by atoms with E-state index in [2.05, 4.69) is 15.0 Å². The fourth-order valence-electron chi connectivity index (χ4n) is 2.31. The molecule has 3 aromatic rings. The van der Waals surface area contributed by atoms with Gasteiger partial charge < -0.3 is 4.90 Å². The number of carbonyl (C=O) groups excluding carboxylic acids is 1. The molecule has 0 radical (unpaired) electrons. The van der Waals surface area contributed by atoms with E-state index in [4.69, 9.17) is 0 Å². The molecule has 0 bridgehead atoms. The van der Waals surface area contributed by atoms with E-state index in [0.29, 0.717) is 11.4 Å². The van der Waals surface area contributed by atoms with Crippen molar-refractivity contribution < 1.29 is 4.79 Å². The van der Waals surface area contributed by atoms with E-state index in [-0.39, 0.29) is 11.9 Å². The van der Waals surface area contributed by atoms with Gasteiger partial charge in [0.05, 0.1) is 6.04 Å². The molecule has 0 unspecified atom stereocenters. The van der Waals surface area contributed by atoms with Crippen LogP contribution < -0.4 is 0 Å². The Labute approximate surface area is 134 Å². The van der Waals surface area contributed by atoms with Gasteiger partial charge in [-0.25, -0.2) is 9.97 Å². The first-order valence-electron chi connectivity index (χ1n) is 7.28. The Morgan fingerprint density at radius 2 is 2.09 bits per heavy atom. The van der Waals surface area contributed by atoms with Gasteiger partial charge in [0.25, 0.3) is 5.91 Å². The van der Waals surface area contributed by atoms with E-state index in [1.165, 1.54) is 0 Å². The van der Waals surface area contributed by atoms with Gasteiger partial charge >= 0.3 is 0 Å². The van der Waals surface area contributed by atoms with Crippen molar-refractivity contribution in [1.29, 1.82) is 0 Å². The van der Waals surface area contributed by atoms with Crippen LogP contribution in [-0.2, 0) is 0 Å². The molecule has 0 N–H and O–H groups in total. The van der Waals surface area contributed by atoms with Crippen molar-refractivity contribution in [2.45, 2.75) is 13.0 Å². The minimum Gasteiger partial charge on any atom is -0.335 e. The summed E-state index contributed by atoms with van der Waals surface area (Å²) in [5.41, 5.74) is 1.58. The predicted molar refractivity (Wildman–Crippen MR) is 86.1 cm³/mol. The van der Waals surface area contributed by atoms with Crippen molar-refractivity contribution in [2.24, 2.45) is 0 Å². The SMILES string of the molecule is C[C@@H](c1cccnc1)N(C)C(=O)c1ccnc(-n2ccnc2)c1. The monoisotopic (exact) mass is 307 g/mol. The largest absolute Gasteiger partial charge is 0.335 e. The van der Waals surface area contributed by atoms with Crippen molar-refractivity contribution in [3.8, 4) is 5.82 Å². The summed E-state index contributed by atoms with van der Waals surface area (Å²) in [6, 6.07) is 7.24. The number of carbonyl (C=O) groups is 1. The number of rotatable bonds is 4. The van der Waals surface area contributed by atoms with Crippen molar-refractivity contribution in [3.63, 3.8) is 0 Å². The third-order valence-corrected chi connectivity index (χ3v) is 3.83. The highest BCUT2D eigenvalue weighted by Crippen LogP contribution is 2.20. The molecule has 3 rings (SSSR count). The topological polar surface area (TPSA) is 63.9 Å². The molecule has 0 aromatic carbocycles. The van der Waals surface area contributed by atoms with Gasteiger partial charge in [-0.3, -0.25) is 14.3 Å². The number of nitrogens with zero attached hydrogens (tertiary/aromatic N) is 5. The van der Waals surface area contributed by atoms with Crippen LogP contribution in [0.3, 0.4) is 0 Å². The molecule has 3 heterocycles. The Morgan fingerprint density at radius 1 is 1.22 bits per heavy atom. The first-order chi connectivity index (χ1) is 11.2. The summed E-state index contributed by atoms with van der Waals surface area (Å²) >= 11 is 0. The minimum atomic E-state index is -0.0685. The Morgan fingerprint density at radius 3 is 2.78 bits per heavy atom. The van der Waals surface area contributed by atoms with Crippen LogP contribution in [0.15, 0.2) is 61.6 Å². The fraction of sp³-hybridized carbons (Fsp3) is 0.176. The highest BCUT2D eigenvalue weighted by atomic mass is 16.2. The molecular weight excluding hydrogens is 290 g/mol. The standard InChI is InChI=1S/C17H17N5O/c1-13(15-4-3-6-18-11-15)21(2)17(23)14-5-7-20-16(10-14)22-9-8-19-12-22/h3-13H,1-2H3/t13-/m0/s1. The van der Waals surface area contributed by atoms with Gasteiger partial charge in [0, 0.05) is 43.6 Å². The number of aromatic nitrogens is 4. The quantitative estimate of drug-likeness (QED) is 0.743. The summed E-state index contributed by atoms with van der Waals surface area (Å²) in [4.78, 5) is 26.8. The van der Waals surface area contributed by atoms with Crippen LogP contribution in [0.1, 0.15) is 28.9 Å². The highest BCUT2D eigenvalue weighted by molar-refractivity contribution is 5.94. The van der Waals surface area contributed by atoms with Crippen molar-refractivity contribution in [1.82, 2.24) is 24.4 Å². The Balaban J connectivity index is 1.84. The molecule has 0 saturated heterocycles. The molecule has 6 nitrogen and oxygen atoms in total. The van der Waals surface area contributed by atoms with Crippen LogP contribution >= 0.6 is 0 Å². The van der Waals surface area contributed by atoms with Crippen molar-refractivity contribution in [3.05, 3.63) is 72.7 Å². The number of amides is 1. The molecule has 1 atom stereocenters. The van der Waals surface area contributed by atoms with E-state index in [9.17, 15) is 4.79 Å². The van der Waals surface area contributed by atoms with Gasteiger partial charge in [0.1, 0.15) is 12.1 Å². The van der Waals surface area contributed by atoms with E-state index in [1.807, 2.05) is 19.1 Å². The zero-order chi connectivity index (χ0) is 16.2. The first kappa shape index (κ1) is 14.9. The van der Waals surface area contributed by atoms with Gasteiger partial charge in [0.2, 0.25) is 0 Å². The molecule has 0 aliphatic rings. The number of imidazole rings is 1. The van der Waals surface area contributed by atoms with Crippen molar-refractivity contribution in [2.75, 3.05) is 7.05 Å². The van der Waals surface area contributed by atoms with Crippen LogP contribution in [0.4, 0.5) is 0 Å². The summed E-state index contributed by atoms with van der Waals surface area (Å²) in [7, 11) is 1.79. The van der Waals surface area contributed by atoms with Gasteiger partial charge in [0.15, 0.2) is 0 Å². The van der Waals surface area contributed by atoms with Gasteiger partial charge in [-0.1, -0.05) is 6.07 Å². The zero-order valence-corrected chi connectivity index (χ0v) is 13.0. The van der Waals surface area contributed by atoms with Crippen LogP contribution in [-0.4, -0.2) is 37.4 Å². The second-order valence-corrected chi connectivity index (χ2v) is 5.25. The Kier molecular flexibility index (Phi) is 4.14. The van der Waals surface area contributed by atoms with E-state index >= 15 is 0 Å². The fourth-order valence-corrected chi connectivity index (χ4v) is 2.31. The molecular formula is C17H17N5O. The predicted octanol–water partition coefficient (Wildman–Crippen LogP) is 2.50. The highest BCUT2D eigenvalue weighted by Gasteiger charge is 2.19. The first-order valence-corrected chi connectivity index (χ1v) is 7.28. The van der Waals surface area contributed by atoms with E-state index in [1.54, 1.807) is 66.0 Å². The second kappa shape index (κ2) is 6.39. The third kappa shape index (κ3) is 3.11. The second-order valence-electron chi connectivity index (χ2n) is 5.25. The van der Waals surface area contributed by atoms with Crippen LogP contribution in [0, 0.1) is 0 Å². The molecule has 1 amide bonds. The van der Waals surface area contributed by atoms with E-state index in [0.717, 1.165) is 5.56 Å². The molecule has 0 spiro atoms. The minimum absolute atomic E-state index is 0.0647. The third-order valence-electron chi connectivity index (χ3n) is 3.83. The lowest BCUT2D eigenvalue weighted by molar-refractivity contribution is 0.0742. The van der Waals surface area contributed by atoms with Gasteiger partial charge in [-0.05, 0) is 30.7 Å². The normalized spacial score (nSPS) is 11.9. The maximum Gasteiger partial charge on any atom is 0.254 e. The van der Waals surface area contributed by atoms with Gasteiger partial charge in [-0.2, -0.15) is 0 Å². The van der Waals surface area contributed by atoms with Crippen LogP contribution in [0.5, 0.6) is 0 Å². The average Bonchev–Trinajstić information content (AvgIpc) is 3.15. The molecule has 23 heavy (non-hydrogen) atoms. The zero-order valence-electron chi connectivity index (χ0n) is 13.0. The maximum atomic E-state index is 12.7. The summed E-state index contributed by atoms with van der Waals surface area (Å²) in [6.07, 6.45) is 10.2. The molecule has 0 aliphatic carbocycles. The Bertz CT molecular complexity index is 786. The molecule has 0 aliphatic heterocycles. The number of hydrogen-bond donors (Lipinski definition) is 0. The summed E-state index contributed by atoms with van der Waals surface area (Å²) < 4.78 is 1.77. The lowest BCUT2D eigenvalue weighted by atomic mass is 10.1. The Hall–Kier alpha value is -3.02. The van der Waals surface area contributed by atoms with Crippen LogP contribution in [0.2, 0.25) is 0 Å². The smallest absolute Gasteiger partial charge is 0.254 e. The lowest BCUT2D eigenvalue weighted by Crippen LogP contribution is -2.29. The van der Waals surface area contributed by atoms with E-state index < -0.39 is 0 Å². The summed E-state index contributed by atoms with van der Waals surface area (Å²) in [5, 5.41) is 0. The number of pyridine rings is 2. The summed E-state index contributed by atoms with van der Waals surface area (Å²) in [5.74, 6) is 0.598. The maximum absolute atomic E-state index is 12.7.